The summed E-state index contributed by atoms with van der Waals surface area (Å²) in [7, 11) is 1.49. The molecule has 0 atom stereocenters. The minimum absolute atomic E-state index is 0.414. The van der Waals surface area contributed by atoms with Gasteiger partial charge in [-0.05, 0) is 12.1 Å². The number of aromatic nitrogens is 3. The first-order valence-electron chi connectivity index (χ1n) is 3.85. The van der Waals surface area contributed by atoms with E-state index >= 15 is 0 Å². The summed E-state index contributed by atoms with van der Waals surface area (Å²) in [6.45, 7) is 0. The number of ether oxygens (including phenoxy) is 1. The van der Waals surface area contributed by atoms with Crippen molar-refractivity contribution in [1.29, 1.82) is 0 Å². The maximum Gasteiger partial charge on any atom is 0.434 e. The number of benzene rings is 1. The van der Waals surface area contributed by atoms with Crippen molar-refractivity contribution in [2.45, 2.75) is 0 Å². The van der Waals surface area contributed by atoms with Gasteiger partial charge in [0.2, 0.25) is 0 Å². The smallest absolute Gasteiger partial charge is 0.434 e. The summed E-state index contributed by atoms with van der Waals surface area (Å²) in [6, 6.07) is 5.00. The van der Waals surface area contributed by atoms with E-state index in [1.54, 1.807) is 18.2 Å². The maximum absolute atomic E-state index is 10.7. The van der Waals surface area contributed by atoms with Gasteiger partial charge < -0.3 is 9.84 Å². The second-order valence-electron chi connectivity index (χ2n) is 2.61. The van der Waals surface area contributed by atoms with Crippen molar-refractivity contribution in [3.8, 4) is 5.75 Å². The molecule has 0 aliphatic rings. The van der Waals surface area contributed by atoms with Crippen LogP contribution < -0.4 is 4.74 Å². The van der Waals surface area contributed by atoms with Crippen LogP contribution in [0.1, 0.15) is 0 Å². The molecule has 6 nitrogen and oxygen atoms in total. The number of nitrogens with zero attached hydrogens (tertiary/aromatic N) is 3. The summed E-state index contributed by atoms with van der Waals surface area (Å²) < 4.78 is 5.82. The third kappa shape index (κ3) is 1.08. The monoisotopic (exact) mass is 193 g/mol. The molecule has 0 aliphatic heterocycles. The van der Waals surface area contributed by atoms with Crippen molar-refractivity contribution in [1.82, 2.24) is 15.0 Å². The molecular weight excluding hydrogens is 186 g/mol. The van der Waals surface area contributed by atoms with Crippen molar-refractivity contribution in [3.63, 3.8) is 0 Å². The quantitative estimate of drug-likeness (QED) is 0.730. The molecule has 0 saturated carbocycles. The second-order valence-corrected chi connectivity index (χ2v) is 2.61. The van der Waals surface area contributed by atoms with E-state index in [9.17, 15) is 4.79 Å². The molecule has 14 heavy (non-hydrogen) atoms. The standard InChI is InChI=1S/C8H7N3O3/c1-14-6-4-2-3-5-7(6)9-10-11(5)8(12)13/h2-4H,1H3,(H,12,13). The first-order chi connectivity index (χ1) is 6.74. The van der Waals surface area contributed by atoms with Crippen LogP contribution in [0.5, 0.6) is 5.75 Å². The van der Waals surface area contributed by atoms with E-state index in [1.165, 1.54) is 7.11 Å². The van der Waals surface area contributed by atoms with E-state index in [4.69, 9.17) is 9.84 Å². The lowest BCUT2D eigenvalue weighted by molar-refractivity contribution is 0.193. The minimum Gasteiger partial charge on any atom is -0.494 e. The average molecular weight is 193 g/mol. The van der Waals surface area contributed by atoms with Gasteiger partial charge >= 0.3 is 6.09 Å². The Labute approximate surface area is 78.7 Å². The zero-order chi connectivity index (χ0) is 10.1. The van der Waals surface area contributed by atoms with Crippen LogP contribution in [-0.2, 0) is 0 Å². The minimum atomic E-state index is -1.17. The van der Waals surface area contributed by atoms with Crippen LogP contribution in [0.25, 0.3) is 11.0 Å². The molecule has 0 bridgehead atoms. The van der Waals surface area contributed by atoms with Gasteiger partial charge in [0.05, 0.1) is 7.11 Å². The maximum atomic E-state index is 10.7. The lowest BCUT2D eigenvalue weighted by Gasteiger charge is -1.98. The van der Waals surface area contributed by atoms with Gasteiger partial charge in [-0.1, -0.05) is 11.3 Å². The Morgan fingerprint density at radius 3 is 3.00 bits per heavy atom. The highest BCUT2D eigenvalue weighted by Crippen LogP contribution is 2.22. The third-order valence-electron chi connectivity index (χ3n) is 1.84. The van der Waals surface area contributed by atoms with Crippen LogP contribution in [0.3, 0.4) is 0 Å². The predicted octanol–water partition coefficient (Wildman–Crippen LogP) is 0.966. The highest BCUT2D eigenvalue weighted by Gasteiger charge is 2.12. The molecule has 0 radical (unpaired) electrons. The number of fused-ring (bicyclic) bond motifs is 1. The fraction of sp³-hybridized carbons (Fsp3) is 0.125. The lowest BCUT2D eigenvalue weighted by Crippen LogP contribution is -2.09. The summed E-state index contributed by atoms with van der Waals surface area (Å²) in [5.74, 6) is 0.509. The van der Waals surface area contributed by atoms with E-state index in [2.05, 4.69) is 10.3 Å². The first kappa shape index (κ1) is 8.49. The van der Waals surface area contributed by atoms with Gasteiger partial charge in [-0.2, -0.15) is 0 Å². The molecule has 1 aromatic carbocycles. The first-order valence-corrected chi connectivity index (χ1v) is 3.85. The molecule has 2 rings (SSSR count). The van der Waals surface area contributed by atoms with Crippen molar-refractivity contribution in [2.75, 3.05) is 7.11 Å². The Hall–Kier alpha value is -2.11. The topological polar surface area (TPSA) is 77.2 Å². The highest BCUT2D eigenvalue weighted by molar-refractivity contribution is 5.87. The number of carboxylic acid groups (broad SMARTS) is 1. The van der Waals surface area contributed by atoms with Gasteiger partial charge in [-0.15, -0.1) is 9.78 Å². The number of rotatable bonds is 1. The number of methoxy groups -OCH3 is 1. The largest absolute Gasteiger partial charge is 0.494 e. The van der Waals surface area contributed by atoms with Crippen molar-refractivity contribution in [3.05, 3.63) is 18.2 Å². The molecule has 0 spiro atoms. The summed E-state index contributed by atoms with van der Waals surface area (Å²) in [5, 5.41) is 16.0. The van der Waals surface area contributed by atoms with Gasteiger partial charge in [-0.25, -0.2) is 4.79 Å². The van der Waals surface area contributed by atoms with Crippen LogP contribution in [0.2, 0.25) is 0 Å². The summed E-state index contributed by atoms with van der Waals surface area (Å²) in [5.41, 5.74) is 0.856. The van der Waals surface area contributed by atoms with Crippen LogP contribution in [0.4, 0.5) is 4.79 Å². The Morgan fingerprint density at radius 2 is 2.36 bits per heavy atom. The molecule has 1 heterocycles. The lowest BCUT2D eigenvalue weighted by atomic mass is 10.3. The van der Waals surface area contributed by atoms with Gasteiger partial charge in [0.15, 0.2) is 5.52 Å². The molecule has 0 amide bonds. The van der Waals surface area contributed by atoms with E-state index in [0.29, 0.717) is 16.8 Å². The highest BCUT2D eigenvalue weighted by atomic mass is 16.5. The van der Waals surface area contributed by atoms with E-state index < -0.39 is 6.09 Å². The van der Waals surface area contributed by atoms with E-state index in [-0.39, 0.29) is 0 Å². The van der Waals surface area contributed by atoms with Gasteiger partial charge in [0.25, 0.3) is 0 Å². The Bertz CT molecular complexity index is 492. The fourth-order valence-corrected chi connectivity index (χ4v) is 1.23. The summed E-state index contributed by atoms with van der Waals surface area (Å²) >= 11 is 0. The zero-order valence-corrected chi connectivity index (χ0v) is 7.34. The predicted molar refractivity (Wildman–Crippen MR) is 47.5 cm³/mol. The third-order valence-corrected chi connectivity index (χ3v) is 1.84. The zero-order valence-electron chi connectivity index (χ0n) is 7.34. The second kappa shape index (κ2) is 2.99. The van der Waals surface area contributed by atoms with Crippen molar-refractivity contribution < 1.29 is 14.6 Å². The molecule has 0 aliphatic carbocycles. The van der Waals surface area contributed by atoms with Crippen LogP contribution >= 0.6 is 0 Å². The molecule has 0 fully saturated rings. The van der Waals surface area contributed by atoms with E-state index in [1.807, 2.05) is 0 Å². The molecule has 2 aromatic rings. The van der Waals surface area contributed by atoms with Crippen molar-refractivity contribution >= 4 is 17.1 Å². The molecule has 1 aromatic heterocycles. The van der Waals surface area contributed by atoms with Crippen LogP contribution in [0, 0.1) is 0 Å². The Balaban J connectivity index is 2.75. The molecule has 0 saturated heterocycles. The molecule has 0 unspecified atom stereocenters. The Kier molecular flexibility index (Phi) is 1.81. The number of hydrogen-bond acceptors (Lipinski definition) is 4. The van der Waals surface area contributed by atoms with Gasteiger partial charge in [0.1, 0.15) is 11.3 Å². The number of carbonyl (C=O) groups is 1. The average Bonchev–Trinajstić information content (AvgIpc) is 2.60. The Morgan fingerprint density at radius 1 is 1.57 bits per heavy atom. The van der Waals surface area contributed by atoms with Gasteiger partial charge in [0, 0.05) is 0 Å². The summed E-state index contributed by atoms with van der Waals surface area (Å²) in [4.78, 5) is 10.7. The SMILES string of the molecule is COc1cccc2c1nnn2C(=O)O. The number of hydrogen-bond donors (Lipinski definition) is 1. The summed E-state index contributed by atoms with van der Waals surface area (Å²) in [6.07, 6.45) is -1.17. The molecular formula is C8H7N3O3. The molecule has 72 valence electrons. The van der Waals surface area contributed by atoms with E-state index in [0.717, 1.165) is 4.68 Å². The van der Waals surface area contributed by atoms with Crippen LogP contribution in [0.15, 0.2) is 18.2 Å². The van der Waals surface area contributed by atoms with Crippen molar-refractivity contribution in [2.24, 2.45) is 0 Å². The van der Waals surface area contributed by atoms with Gasteiger partial charge in [-0.3, -0.25) is 0 Å². The van der Waals surface area contributed by atoms with Crippen LogP contribution in [-0.4, -0.2) is 33.3 Å². The molecule has 1 N–H and O–H groups in total. The fourth-order valence-electron chi connectivity index (χ4n) is 1.23. The normalized spacial score (nSPS) is 10.4. The molecule has 6 heteroatoms.